The van der Waals surface area contributed by atoms with Crippen molar-refractivity contribution in [2.75, 3.05) is 14.1 Å². The molecule has 4 nitrogen and oxygen atoms in total. The molecule has 0 fully saturated rings. The maximum absolute atomic E-state index is 11.4. The number of carbonyl (C=O) groups is 1. The fourth-order valence-corrected chi connectivity index (χ4v) is 0.985. The number of hydrogen-bond donors (Lipinski definition) is 0. The normalized spacial score (nSPS) is 10.9. The van der Waals surface area contributed by atoms with Gasteiger partial charge in [0.05, 0.1) is 11.3 Å². The monoisotopic (exact) mass is 203 g/mol. The van der Waals surface area contributed by atoms with E-state index in [0.29, 0.717) is 5.69 Å². The van der Waals surface area contributed by atoms with E-state index in [1.807, 2.05) is 0 Å². The van der Waals surface area contributed by atoms with Gasteiger partial charge in [-0.3, -0.25) is 14.6 Å². The quantitative estimate of drug-likeness (QED) is 0.412. The van der Waals surface area contributed by atoms with Crippen LogP contribution in [0.4, 0.5) is 0 Å². The zero-order valence-corrected chi connectivity index (χ0v) is 8.60. The molecule has 1 heterocycles. The molecule has 0 unspecified atom stereocenters. The Morgan fingerprint density at radius 3 is 2.67 bits per heavy atom. The summed E-state index contributed by atoms with van der Waals surface area (Å²) < 4.78 is 0. The van der Waals surface area contributed by atoms with E-state index < -0.39 is 0 Å². The largest absolute Gasteiger partial charge is 0.345 e. The summed E-state index contributed by atoms with van der Waals surface area (Å²) in [5.41, 5.74) is 0.532. The van der Waals surface area contributed by atoms with Gasteiger partial charge in [0.25, 0.3) is 5.91 Å². The Morgan fingerprint density at radius 2 is 2.20 bits per heavy atom. The second-order valence-electron chi connectivity index (χ2n) is 3.11. The van der Waals surface area contributed by atoms with Crippen LogP contribution >= 0.6 is 0 Å². The molecule has 1 radical (unpaired) electrons. The third-order valence-electron chi connectivity index (χ3n) is 1.73. The van der Waals surface area contributed by atoms with Crippen LogP contribution in [-0.2, 0) is 9.59 Å². The average Bonchev–Trinajstić information content (AvgIpc) is 2.26. The molecule has 1 amide bonds. The van der Waals surface area contributed by atoms with Gasteiger partial charge in [0.1, 0.15) is 0 Å². The zero-order chi connectivity index (χ0) is 11.3. The molecule has 4 heteroatoms. The summed E-state index contributed by atoms with van der Waals surface area (Å²) in [6, 6.07) is 5.25. The highest BCUT2D eigenvalue weighted by molar-refractivity contribution is 6.14. The predicted octanol–water partition coefficient (Wildman–Crippen LogP) is 0.663. The van der Waals surface area contributed by atoms with Crippen molar-refractivity contribution in [3.05, 3.63) is 35.7 Å². The molecule has 0 aromatic carbocycles. The molecule has 0 atom stereocenters. The molecule has 15 heavy (non-hydrogen) atoms. The van der Waals surface area contributed by atoms with Gasteiger partial charge in [-0.15, -0.1) is 0 Å². The number of amides is 1. The molecule has 1 rings (SSSR count). The third kappa shape index (κ3) is 3.02. The van der Waals surface area contributed by atoms with Crippen LogP contribution in [0.2, 0.25) is 0 Å². The van der Waals surface area contributed by atoms with E-state index in [1.165, 1.54) is 11.0 Å². The first kappa shape index (κ1) is 11.1. The Hall–Kier alpha value is -1.97. The highest BCUT2D eigenvalue weighted by Gasteiger charge is 2.11. The highest BCUT2D eigenvalue weighted by Crippen LogP contribution is 2.03. The molecule has 0 spiro atoms. The van der Waals surface area contributed by atoms with Crippen LogP contribution in [0.1, 0.15) is 5.69 Å². The molecule has 0 saturated heterocycles. The number of hydrogen-bond acceptors (Lipinski definition) is 3. The van der Waals surface area contributed by atoms with Crippen molar-refractivity contribution in [1.82, 2.24) is 9.88 Å². The number of rotatable bonds is 3. The second-order valence-corrected chi connectivity index (χ2v) is 3.11. The average molecular weight is 203 g/mol. The number of aromatic nitrogens is 1. The molecular formula is C11H11N2O2. The maximum atomic E-state index is 11.4. The maximum Gasteiger partial charge on any atom is 0.257 e. The molecule has 1 aromatic heterocycles. The zero-order valence-electron chi connectivity index (χ0n) is 8.60. The van der Waals surface area contributed by atoms with E-state index in [-0.39, 0.29) is 11.5 Å². The van der Waals surface area contributed by atoms with Crippen LogP contribution < -0.4 is 0 Å². The highest BCUT2D eigenvalue weighted by atomic mass is 16.2. The Bertz CT molecular complexity index is 383. The van der Waals surface area contributed by atoms with Crippen molar-refractivity contribution >= 4 is 18.3 Å². The molecule has 0 N–H and O–H groups in total. The minimum atomic E-state index is -0.379. The van der Waals surface area contributed by atoms with E-state index in [9.17, 15) is 9.59 Å². The van der Waals surface area contributed by atoms with Gasteiger partial charge in [-0.1, -0.05) is 6.07 Å². The van der Waals surface area contributed by atoms with E-state index in [1.54, 1.807) is 44.8 Å². The number of carbonyl (C=O) groups excluding carboxylic acids is 2. The Balaban J connectivity index is 2.98. The first-order chi connectivity index (χ1) is 7.15. The molecule has 0 aliphatic heterocycles. The minimum Gasteiger partial charge on any atom is -0.345 e. The fourth-order valence-electron chi connectivity index (χ4n) is 0.985. The van der Waals surface area contributed by atoms with Crippen LogP contribution in [-0.4, -0.2) is 36.2 Å². The van der Waals surface area contributed by atoms with Crippen molar-refractivity contribution in [2.24, 2.45) is 0 Å². The molecule has 0 saturated carbocycles. The van der Waals surface area contributed by atoms with Crippen molar-refractivity contribution in [3.8, 4) is 0 Å². The van der Waals surface area contributed by atoms with Gasteiger partial charge < -0.3 is 4.90 Å². The van der Waals surface area contributed by atoms with Crippen LogP contribution in [0.5, 0.6) is 0 Å². The lowest BCUT2D eigenvalue weighted by Gasteiger charge is -2.08. The lowest BCUT2D eigenvalue weighted by molar-refractivity contribution is -0.124. The lowest BCUT2D eigenvalue weighted by Crippen LogP contribution is -2.24. The summed E-state index contributed by atoms with van der Waals surface area (Å²) in [5, 5.41) is 0. The second kappa shape index (κ2) is 5.05. The first-order valence-electron chi connectivity index (χ1n) is 4.37. The topological polar surface area (TPSA) is 50.3 Å². The summed E-state index contributed by atoms with van der Waals surface area (Å²) >= 11 is 0. The van der Waals surface area contributed by atoms with Crippen LogP contribution in [0.25, 0.3) is 6.08 Å². The Kier molecular flexibility index (Phi) is 3.74. The fraction of sp³-hybridized carbons (Fsp3) is 0.182. The summed E-state index contributed by atoms with van der Waals surface area (Å²) in [5.74, 6) is -0.379. The summed E-state index contributed by atoms with van der Waals surface area (Å²) in [7, 11) is 3.15. The van der Waals surface area contributed by atoms with Gasteiger partial charge in [-0.2, -0.15) is 0 Å². The van der Waals surface area contributed by atoms with Gasteiger partial charge in [0, 0.05) is 20.3 Å². The van der Waals surface area contributed by atoms with Crippen LogP contribution in [0.15, 0.2) is 30.0 Å². The number of pyridine rings is 1. The van der Waals surface area contributed by atoms with Crippen molar-refractivity contribution < 1.29 is 9.59 Å². The van der Waals surface area contributed by atoms with E-state index in [4.69, 9.17) is 0 Å². The summed E-state index contributed by atoms with van der Waals surface area (Å²) in [4.78, 5) is 27.3. The van der Waals surface area contributed by atoms with Gasteiger partial charge in [-0.25, -0.2) is 0 Å². The smallest absolute Gasteiger partial charge is 0.257 e. The summed E-state index contributed by atoms with van der Waals surface area (Å²) in [6.07, 6.45) is 4.62. The molecular weight excluding hydrogens is 192 g/mol. The van der Waals surface area contributed by atoms with E-state index in [0.717, 1.165) is 0 Å². The van der Waals surface area contributed by atoms with Crippen molar-refractivity contribution in [3.63, 3.8) is 0 Å². The van der Waals surface area contributed by atoms with Crippen molar-refractivity contribution in [1.29, 1.82) is 0 Å². The van der Waals surface area contributed by atoms with Gasteiger partial charge >= 0.3 is 0 Å². The Labute approximate surface area is 88.2 Å². The first-order valence-corrected chi connectivity index (χ1v) is 4.37. The molecule has 77 valence electrons. The van der Waals surface area contributed by atoms with Gasteiger partial charge in [-0.05, 0) is 18.2 Å². The SMILES string of the molecule is CN(C)C(=O)C([C]=O)=Cc1ccccn1. The van der Waals surface area contributed by atoms with E-state index in [2.05, 4.69) is 4.98 Å². The van der Waals surface area contributed by atoms with Gasteiger partial charge in [0.2, 0.25) is 6.29 Å². The third-order valence-corrected chi connectivity index (χ3v) is 1.73. The minimum absolute atomic E-state index is 0.0290. The standard InChI is InChI=1S/C11H11N2O2/c1-13(2)11(15)9(8-14)7-10-5-3-4-6-12-10/h3-7H,1-2H3. The molecule has 0 aliphatic carbocycles. The van der Waals surface area contributed by atoms with Gasteiger partial charge in [0.15, 0.2) is 0 Å². The van der Waals surface area contributed by atoms with Crippen molar-refractivity contribution in [2.45, 2.75) is 0 Å². The van der Waals surface area contributed by atoms with Crippen LogP contribution in [0, 0.1) is 0 Å². The number of likely N-dealkylation sites (N-methyl/N-ethyl adjacent to an activating group) is 1. The summed E-state index contributed by atoms with van der Waals surface area (Å²) in [6.45, 7) is 0. The molecule has 0 bridgehead atoms. The predicted molar refractivity (Wildman–Crippen MR) is 56.6 cm³/mol. The Morgan fingerprint density at radius 1 is 1.47 bits per heavy atom. The number of nitrogens with zero attached hydrogens (tertiary/aromatic N) is 2. The van der Waals surface area contributed by atoms with Crippen LogP contribution in [0.3, 0.4) is 0 Å². The van der Waals surface area contributed by atoms with E-state index >= 15 is 0 Å². The lowest BCUT2D eigenvalue weighted by atomic mass is 10.2. The molecule has 0 aliphatic rings. The molecule has 1 aromatic rings.